The minimum Gasteiger partial charge on any atom is -0.396 e. The average molecular weight is 394 g/mol. The van der Waals surface area contributed by atoms with Gasteiger partial charge in [-0.25, -0.2) is 19.9 Å². The molecule has 1 N–H and O–H groups in total. The highest BCUT2D eigenvalue weighted by Gasteiger charge is 2.31. The summed E-state index contributed by atoms with van der Waals surface area (Å²) in [4.78, 5) is 26.9. The first-order valence-corrected chi connectivity index (χ1v) is 9.85. The van der Waals surface area contributed by atoms with Crippen LogP contribution in [0.25, 0.3) is 5.95 Å². The zero-order valence-electron chi connectivity index (χ0n) is 17.0. The Balaban J connectivity index is 1.55. The number of anilines is 2. The first kappa shape index (κ1) is 19.3. The molecule has 0 bridgehead atoms. The molecule has 2 atom stereocenters. The third-order valence-corrected chi connectivity index (χ3v) is 5.10. The lowest BCUT2D eigenvalue weighted by Crippen LogP contribution is -2.57. The number of piperazine rings is 1. The minimum atomic E-state index is 0.0521. The van der Waals surface area contributed by atoms with Crippen LogP contribution < -0.4 is 9.80 Å². The Hall–Kier alpha value is -3.07. The van der Waals surface area contributed by atoms with Gasteiger partial charge in [-0.3, -0.25) is 4.57 Å². The lowest BCUT2D eigenvalue weighted by Gasteiger charge is -2.45. The molecule has 0 aliphatic carbocycles. The van der Waals surface area contributed by atoms with Crippen LogP contribution in [-0.2, 0) is 6.42 Å². The van der Waals surface area contributed by atoms with Crippen LogP contribution in [0, 0.1) is 6.92 Å². The first-order valence-electron chi connectivity index (χ1n) is 9.85. The van der Waals surface area contributed by atoms with Crippen molar-refractivity contribution in [1.82, 2.24) is 29.5 Å². The van der Waals surface area contributed by atoms with E-state index in [2.05, 4.69) is 43.6 Å². The Morgan fingerprint density at radius 1 is 1.00 bits per heavy atom. The van der Waals surface area contributed by atoms with Gasteiger partial charge in [0, 0.05) is 50.2 Å². The van der Waals surface area contributed by atoms with E-state index in [1.165, 1.54) is 0 Å². The zero-order chi connectivity index (χ0) is 20.4. The van der Waals surface area contributed by atoms with Crippen molar-refractivity contribution in [2.75, 3.05) is 29.5 Å². The van der Waals surface area contributed by atoms with Crippen molar-refractivity contribution in [3.8, 4) is 5.95 Å². The molecule has 29 heavy (non-hydrogen) atoms. The molecular weight excluding hydrogens is 368 g/mol. The van der Waals surface area contributed by atoms with Gasteiger partial charge < -0.3 is 14.9 Å². The summed E-state index contributed by atoms with van der Waals surface area (Å²) in [6.45, 7) is 8.04. The number of aliphatic hydroxyl groups is 1. The van der Waals surface area contributed by atoms with Gasteiger partial charge in [-0.05, 0) is 32.9 Å². The average Bonchev–Trinajstić information content (AvgIpc) is 3.15. The predicted octanol–water partition coefficient (Wildman–Crippen LogP) is 1.40. The van der Waals surface area contributed by atoms with Gasteiger partial charge in [-0.1, -0.05) is 0 Å². The Kier molecular flexibility index (Phi) is 5.39. The number of hydrogen-bond donors (Lipinski definition) is 1. The first-order chi connectivity index (χ1) is 14.0. The van der Waals surface area contributed by atoms with E-state index in [1.807, 2.05) is 29.8 Å². The van der Waals surface area contributed by atoms with Crippen molar-refractivity contribution in [3.05, 3.63) is 48.6 Å². The van der Waals surface area contributed by atoms with Crippen LogP contribution >= 0.6 is 0 Å². The number of imidazole rings is 1. The van der Waals surface area contributed by atoms with Gasteiger partial charge in [0.15, 0.2) is 0 Å². The standard InChI is InChI=1S/C20H26N8O/c1-14-10-27(13-23-14)20-22-8-5-19(25-20)28-15(2)11-26(12-16(28)3)18-4-7-21-17(24-18)6-9-29/h4-5,7-8,10,13,15-16,29H,6,9,11-12H2,1-3H3/t15-,16+. The highest BCUT2D eigenvalue weighted by molar-refractivity contribution is 5.48. The van der Waals surface area contributed by atoms with E-state index < -0.39 is 0 Å². The summed E-state index contributed by atoms with van der Waals surface area (Å²) >= 11 is 0. The molecule has 0 amide bonds. The quantitative estimate of drug-likeness (QED) is 0.694. The van der Waals surface area contributed by atoms with Crippen LogP contribution in [0.5, 0.6) is 0 Å². The second-order valence-corrected chi connectivity index (χ2v) is 7.45. The number of aliphatic hydroxyl groups excluding tert-OH is 1. The SMILES string of the molecule is Cc1cn(-c2nccc(N3[C@H](C)CN(c4ccnc(CCO)n4)C[C@@H]3C)n2)cn1. The Bertz CT molecular complexity index is 962. The molecule has 3 aromatic heterocycles. The molecule has 4 heterocycles. The molecule has 1 fully saturated rings. The van der Waals surface area contributed by atoms with Crippen molar-refractivity contribution in [1.29, 1.82) is 0 Å². The van der Waals surface area contributed by atoms with Crippen LogP contribution in [0.2, 0.25) is 0 Å². The Morgan fingerprint density at radius 3 is 2.41 bits per heavy atom. The third kappa shape index (κ3) is 4.04. The molecule has 9 heteroatoms. The molecule has 9 nitrogen and oxygen atoms in total. The normalized spacial score (nSPS) is 19.6. The summed E-state index contributed by atoms with van der Waals surface area (Å²) in [7, 11) is 0. The van der Waals surface area contributed by atoms with Gasteiger partial charge >= 0.3 is 0 Å². The molecule has 1 aliphatic rings. The maximum atomic E-state index is 9.15. The number of nitrogens with zero attached hydrogens (tertiary/aromatic N) is 8. The topological polar surface area (TPSA) is 96.1 Å². The second kappa shape index (κ2) is 8.12. The second-order valence-electron chi connectivity index (χ2n) is 7.45. The Labute approximate surface area is 170 Å². The van der Waals surface area contributed by atoms with Crippen LogP contribution in [0.15, 0.2) is 37.1 Å². The smallest absolute Gasteiger partial charge is 0.236 e. The minimum absolute atomic E-state index is 0.0521. The van der Waals surface area contributed by atoms with Gasteiger partial charge in [0.25, 0.3) is 0 Å². The molecule has 0 saturated carbocycles. The summed E-state index contributed by atoms with van der Waals surface area (Å²) in [5, 5.41) is 9.15. The van der Waals surface area contributed by atoms with Crippen LogP contribution in [-0.4, -0.2) is 66.4 Å². The van der Waals surface area contributed by atoms with Gasteiger partial charge in [-0.15, -0.1) is 0 Å². The molecular formula is C20H26N8O. The van der Waals surface area contributed by atoms with Crippen LogP contribution in [0.1, 0.15) is 25.4 Å². The van der Waals surface area contributed by atoms with E-state index in [0.717, 1.165) is 30.4 Å². The fraction of sp³-hybridized carbons (Fsp3) is 0.450. The molecule has 0 aromatic carbocycles. The molecule has 1 saturated heterocycles. The lowest BCUT2D eigenvalue weighted by molar-refractivity contribution is 0.296. The van der Waals surface area contributed by atoms with E-state index in [9.17, 15) is 0 Å². The fourth-order valence-corrected chi connectivity index (χ4v) is 3.88. The summed E-state index contributed by atoms with van der Waals surface area (Å²) in [5.74, 6) is 3.10. The van der Waals surface area contributed by atoms with Gasteiger partial charge in [-0.2, -0.15) is 4.98 Å². The van der Waals surface area contributed by atoms with Crippen molar-refractivity contribution in [2.24, 2.45) is 0 Å². The monoisotopic (exact) mass is 394 g/mol. The summed E-state index contributed by atoms with van der Waals surface area (Å²) in [6, 6.07) is 4.37. The van der Waals surface area contributed by atoms with Gasteiger partial charge in [0.2, 0.25) is 5.95 Å². The van der Waals surface area contributed by atoms with Crippen molar-refractivity contribution < 1.29 is 5.11 Å². The Morgan fingerprint density at radius 2 is 1.72 bits per heavy atom. The molecule has 3 aromatic rings. The number of aromatic nitrogens is 6. The zero-order valence-corrected chi connectivity index (χ0v) is 17.0. The molecule has 152 valence electrons. The highest BCUT2D eigenvalue weighted by Crippen LogP contribution is 2.25. The van der Waals surface area contributed by atoms with E-state index in [4.69, 9.17) is 10.1 Å². The van der Waals surface area contributed by atoms with Crippen molar-refractivity contribution in [3.63, 3.8) is 0 Å². The maximum absolute atomic E-state index is 9.15. The van der Waals surface area contributed by atoms with Crippen LogP contribution in [0.4, 0.5) is 11.6 Å². The molecule has 0 radical (unpaired) electrons. The molecule has 0 spiro atoms. The van der Waals surface area contributed by atoms with E-state index in [-0.39, 0.29) is 18.7 Å². The number of aryl methyl sites for hydroxylation is 1. The third-order valence-electron chi connectivity index (χ3n) is 5.10. The van der Waals surface area contributed by atoms with Gasteiger partial charge in [0.05, 0.1) is 12.3 Å². The largest absolute Gasteiger partial charge is 0.396 e. The van der Waals surface area contributed by atoms with Crippen molar-refractivity contribution >= 4 is 11.6 Å². The number of rotatable bonds is 5. The number of hydrogen-bond acceptors (Lipinski definition) is 8. The predicted molar refractivity (Wildman–Crippen MR) is 110 cm³/mol. The van der Waals surface area contributed by atoms with Crippen LogP contribution in [0.3, 0.4) is 0 Å². The molecule has 0 unspecified atom stereocenters. The van der Waals surface area contributed by atoms with E-state index >= 15 is 0 Å². The van der Waals surface area contributed by atoms with E-state index in [1.54, 1.807) is 18.7 Å². The lowest BCUT2D eigenvalue weighted by atomic mass is 10.1. The highest BCUT2D eigenvalue weighted by atomic mass is 16.3. The van der Waals surface area contributed by atoms with E-state index in [0.29, 0.717) is 18.2 Å². The molecule has 4 rings (SSSR count). The summed E-state index contributed by atoms with van der Waals surface area (Å²) < 4.78 is 1.84. The van der Waals surface area contributed by atoms with Crippen molar-refractivity contribution in [2.45, 2.75) is 39.3 Å². The summed E-state index contributed by atoms with van der Waals surface area (Å²) in [6.07, 6.45) is 7.68. The fourth-order valence-electron chi connectivity index (χ4n) is 3.88. The molecule has 1 aliphatic heterocycles. The summed E-state index contributed by atoms with van der Waals surface area (Å²) in [5.41, 5.74) is 0.930. The maximum Gasteiger partial charge on any atom is 0.236 e. The van der Waals surface area contributed by atoms with Gasteiger partial charge in [0.1, 0.15) is 23.8 Å².